The number of rotatable bonds is 5. The summed E-state index contributed by atoms with van der Waals surface area (Å²) in [4.78, 5) is 5.11. The monoisotopic (exact) mass is 338 g/mol. The van der Waals surface area contributed by atoms with Crippen LogP contribution in [0.15, 0.2) is 24.3 Å². The summed E-state index contributed by atoms with van der Waals surface area (Å²) in [7, 11) is 1.71. The summed E-state index contributed by atoms with van der Waals surface area (Å²) in [5.74, 6) is 0.931. The Balaban J connectivity index is 1.52. The minimum Gasteiger partial charge on any atom is -0.497 e. The Labute approximate surface area is 130 Å². The van der Waals surface area contributed by atoms with Gasteiger partial charge in [-0.15, -0.1) is 0 Å². The van der Waals surface area contributed by atoms with Gasteiger partial charge < -0.3 is 9.64 Å². The van der Waals surface area contributed by atoms with Crippen LogP contribution in [0, 0.1) is 5.41 Å². The lowest BCUT2D eigenvalue weighted by Gasteiger charge is -2.37. The topological polar surface area (TPSA) is 15.7 Å². The van der Waals surface area contributed by atoms with Crippen LogP contribution in [0.1, 0.15) is 12.8 Å². The molecule has 110 valence electrons. The predicted molar refractivity (Wildman–Crippen MR) is 87.1 cm³/mol. The number of hydrogen-bond acceptors (Lipinski definition) is 3. The second-order valence-corrected chi connectivity index (χ2v) is 6.66. The third kappa shape index (κ3) is 3.12. The second-order valence-electron chi connectivity index (χ2n) is 6.09. The summed E-state index contributed by atoms with van der Waals surface area (Å²) >= 11 is 3.67. The molecular formula is C16H23BrN2O. The van der Waals surface area contributed by atoms with Gasteiger partial charge >= 0.3 is 0 Å². The smallest absolute Gasteiger partial charge is 0.119 e. The fourth-order valence-electron chi connectivity index (χ4n) is 2.94. The molecule has 1 saturated carbocycles. The summed E-state index contributed by atoms with van der Waals surface area (Å²) in [5.41, 5.74) is 1.91. The van der Waals surface area contributed by atoms with Crippen molar-refractivity contribution in [1.29, 1.82) is 0 Å². The number of piperazine rings is 1. The van der Waals surface area contributed by atoms with Crippen LogP contribution in [0.5, 0.6) is 5.75 Å². The summed E-state index contributed by atoms with van der Waals surface area (Å²) < 4.78 is 5.22. The highest BCUT2D eigenvalue weighted by Gasteiger charge is 2.42. The molecule has 1 saturated heterocycles. The highest BCUT2D eigenvalue weighted by Crippen LogP contribution is 2.47. The van der Waals surface area contributed by atoms with Crippen molar-refractivity contribution in [3.05, 3.63) is 24.3 Å². The molecule has 1 heterocycles. The van der Waals surface area contributed by atoms with Crippen LogP contribution in [0.3, 0.4) is 0 Å². The van der Waals surface area contributed by atoms with E-state index in [1.54, 1.807) is 7.11 Å². The molecule has 0 atom stereocenters. The lowest BCUT2D eigenvalue weighted by Crippen LogP contribution is -2.48. The lowest BCUT2D eigenvalue weighted by molar-refractivity contribution is 0.218. The van der Waals surface area contributed by atoms with E-state index in [9.17, 15) is 0 Å². The van der Waals surface area contributed by atoms with Crippen LogP contribution in [0.4, 0.5) is 5.69 Å². The van der Waals surface area contributed by atoms with Gasteiger partial charge in [-0.2, -0.15) is 0 Å². The van der Waals surface area contributed by atoms with E-state index in [1.807, 2.05) is 12.1 Å². The number of methoxy groups -OCH3 is 1. The Hall–Kier alpha value is -0.740. The summed E-state index contributed by atoms with van der Waals surface area (Å²) in [6.45, 7) is 5.89. The van der Waals surface area contributed by atoms with Gasteiger partial charge in [0.25, 0.3) is 0 Å². The summed E-state index contributed by atoms with van der Waals surface area (Å²) in [5, 5.41) is 1.17. The lowest BCUT2D eigenvalue weighted by atomic mass is 10.1. The van der Waals surface area contributed by atoms with E-state index in [1.165, 1.54) is 43.5 Å². The number of ether oxygens (including phenoxy) is 1. The van der Waals surface area contributed by atoms with Crippen molar-refractivity contribution < 1.29 is 4.74 Å². The van der Waals surface area contributed by atoms with E-state index in [-0.39, 0.29) is 0 Å². The van der Waals surface area contributed by atoms with Crippen LogP contribution < -0.4 is 9.64 Å². The zero-order chi connectivity index (χ0) is 14.0. The van der Waals surface area contributed by atoms with Crippen LogP contribution >= 0.6 is 15.9 Å². The number of halogens is 1. The number of alkyl halides is 1. The molecule has 3 nitrogen and oxygen atoms in total. The van der Waals surface area contributed by atoms with Crippen molar-refractivity contribution in [2.24, 2.45) is 5.41 Å². The highest BCUT2D eigenvalue weighted by molar-refractivity contribution is 9.09. The van der Waals surface area contributed by atoms with E-state index in [4.69, 9.17) is 4.74 Å². The van der Waals surface area contributed by atoms with Gasteiger partial charge in [0.15, 0.2) is 0 Å². The zero-order valence-corrected chi connectivity index (χ0v) is 13.7. The van der Waals surface area contributed by atoms with Crippen molar-refractivity contribution in [2.45, 2.75) is 12.8 Å². The number of nitrogens with zero attached hydrogens (tertiary/aromatic N) is 2. The molecule has 2 fully saturated rings. The quantitative estimate of drug-likeness (QED) is 0.767. The van der Waals surface area contributed by atoms with Gasteiger partial charge in [-0.25, -0.2) is 0 Å². The molecule has 1 aliphatic heterocycles. The van der Waals surface area contributed by atoms with Crippen molar-refractivity contribution in [3.8, 4) is 5.75 Å². The molecule has 0 radical (unpaired) electrons. The van der Waals surface area contributed by atoms with E-state index < -0.39 is 0 Å². The number of benzene rings is 1. The average Bonchev–Trinajstić information content (AvgIpc) is 3.28. The Morgan fingerprint density at radius 3 is 2.25 bits per heavy atom. The number of hydrogen-bond donors (Lipinski definition) is 0. The summed E-state index contributed by atoms with van der Waals surface area (Å²) in [6.07, 6.45) is 2.80. The Morgan fingerprint density at radius 2 is 1.75 bits per heavy atom. The first kappa shape index (κ1) is 14.2. The van der Waals surface area contributed by atoms with Crippen LogP contribution in [0.2, 0.25) is 0 Å². The second kappa shape index (κ2) is 5.94. The molecule has 0 spiro atoms. The zero-order valence-electron chi connectivity index (χ0n) is 12.1. The minimum atomic E-state index is 0.599. The standard InChI is InChI=1S/C16H23BrN2O/c1-20-15-4-2-14(3-5-15)19-10-8-18(9-11-19)13-16(12-17)6-7-16/h2-5H,6-13H2,1H3. The largest absolute Gasteiger partial charge is 0.497 e. The fourth-order valence-corrected chi connectivity index (χ4v) is 3.68. The predicted octanol–water partition coefficient (Wildman–Crippen LogP) is 2.99. The highest BCUT2D eigenvalue weighted by atomic mass is 79.9. The Bertz CT molecular complexity index is 436. The molecule has 2 aliphatic rings. The van der Waals surface area contributed by atoms with E-state index >= 15 is 0 Å². The third-order valence-corrected chi connectivity index (χ3v) is 5.80. The number of anilines is 1. The Morgan fingerprint density at radius 1 is 1.10 bits per heavy atom. The molecule has 1 aromatic carbocycles. The van der Waals surface area contributed by atoms with Crippen LogP contribution in [0.25, 0.3) is 0 Å². The molecule has 1 aliphatic carbocycles. The fraction of sp³-hybridized carbons (Fsp3) is 0.625. The minimum absolute atomic E-state index is 0.599. The molecule has 1 aromatic rings. The van der Waals surface area contributed by atoms with Crippen molar-refractivity contribution >= 4 is 21.6 Å². The molecule has 4 heteroatoms. The summed E-state index contributed by atoms with van der Waals surface area (Å²) in [6, 6.07) is 8.42. The maximum absolute atomic E-state index is 5.22. The molecular weight excluding hydrogens is 316 g/mol. The molecule has 0 bridgehead atoms. The average molecular weight is 339 g/mol. The molecule has 20 heavy (non-hydrogen) atoms. The van der Waals surface area contributed by atoms with Gasteiger partial charge in [0.2, 0.25) is 0 Å². The van der Waals surface area contributed by atoms with E-state index in [0.29, 0.717) is 5.41 Å². The van der Waals surface area contributed by atoms with Crippen LogP contribution in [-0.4, -0.2) is 50.1 Å². The Kier molecular flexibility index (Phi) is 4.22. The molecule has 0 aromatic heterocycles. The molecule has 0 amide bonds. The normalized spacial score (nSPS) is 21.8. The van der Waals surface area contributed by atoms with E-state index in [2.05, 4.69) is 37.9 Å². The van der Waals surface area contributed by atoms with Gasteiger partial charge in [-0.05, 0) is 42.5 Å². The maximum Gasteiger partial charge on any atom is 0.119 e. The van der Waals surface area contributed by atoms with E-state index in [0.717, 1.165) is 18.8 Å². The van der Waals surface area contributed by atoms with Gasteiger partial charge in [0.1, 0.15) is 5.75 Å². The first-order chi connectivity index (χ1) is 9.74. The SMILES string of the molecule is COc1ccc(N2CCN(CC3(CBr)CC3)CC2)cc1. The van der Waals surface area contributed by atoms with Crippen molar-refractivity contribution in [2.75, 3.05) is 50.1 Å². The first-order valence-corrected chi connectivity index (χ1v) is 8.54. The van der Waals surface area contributed by atoms with Crippen molar-refractivity contribution in [1.82, 2.24) is 4.90 Å². The van der Waals surface area contributed by atoms with Gasteiger partial charge in [-0.3, -0.25) is 4.90 Å². The molecule has 0 N–H and O–H groups in total. The van der Waals surface area contributed by atoms with Gasteiger partial charge in [0, 0.05) is 43.7 Å². The molecule has 3 rings (SSSR count). The first-order valence-electron chi connectivity index (χ1n) is 7.42. The van der Waals surface area contributed by atoms with Crippen molar-refractivity contribution in [3.63, 3.8) is 0 Å². The third-order valence-electron chi connectivity index (χ3n) is 4.61. The van der Waals surface area contributed by atoms with Gasteiger partial charge in [-0.1, -0.05) is 15.9 Å². The van der Waals surface area contributed by atoms with Crippen LogP contribution in [-0.2, 0) is 0 Å². The maximum atomic E-state index is 5.22. The van der Waals surface area contributed by atoms with Gasteiger partial charge in [0.05, 0.1) is 7.11 Å². The molecule has 0 unspecified atom stereocenters.